The Bertz CT molecular complexity index is 1820. The van der Waals surface area contributed by atoms with Crippen LogP contribution < -0.4 is 9.05 Å². The third-order valence-corrected chi connectivity index (χ3v) is 7.85. The average molecular weight is 532 g/mol. The van der Waals surface area contributed by atoms with Crippen molar-refractivity contribution in [3.05, 3.63) is 109 Å². The summed E-state index contributed by atoms with van der Waals surface area (Å²) in [7, 11) is -4.66. The minimum atomic E-state index is -4.66. The number of fused-ring (bicyclic) bond motifs is 7. The fourth-order valence-electron chi connectivity index (χ4n) is 5.30. The van der Waals surface area contributed by atoms with Crippen molar-refractivity contribution in [1.82, 2.24) is 0 Å². The van der Waals surface area contributed by atoms with Crippen molar-refractivity contribution in [2.24, 2.45) is 0 Å². The van der Waals surface area contributed by atoms with Crippen LogP contribution in [0.25, 0.3) is 54.9 Å². The van der Waals surface area contributed by atoms with E-state index < -0.39 is 7.82 Å². The van der Waals surface area contributed by atoms with E-state index in [0.717, 1.165) is 21.5 Å². The van der Waals surface area contributed by atoms with Gasteiger partial charge < -0.3 is 19.3 Å². The number of phenols is 2. The maximum atomic E-state index is 13.6. The summed E-state index contributed by atoms with van der Waals surface area (Å²) in [6, 6.07) is 32.6. The highest BCUT2D eigenvalue weighted by atomic mass is 31.2. The number of phenolic OH excluding ortho intramolecular Hbond substituents is 2. The number of rotatable bonds is 2. The lowest BCUT2D eigenvalue weighted by Gasteiger charge is -2.18. The van der Waals surface area contributed by atoms with E-state index in [0.29, 0.717) is 33.4 Å². The van der Waals surface area contributed by atoms with Gasteiger partial charge in [-0.2, -0.15) is 0 Å². The van der Waals surface area contributed by atoms with Crippen LogP contribution in [0.3, 0.4) is 0 Å². The second kappa shape index (κ2) is 8.63. The summed E-state index contributed by atoms with van der Waals surface area (Å²) >= 11 is 0. The monoisotopic (exact) mass is 532 g/mol. The maximum absolute atomic E-state index is 13.6. The van der Waals surface area contributed by atoms with Gasteiger partial charge in [0, 0.05) is 22.3 Å². The molecule has 0 amide bonds. The highest BCUT2D eigenvalue weighted by molar-refractivity contribution is 7.48. The molecule has 0 fully saturated rings. The van der Waals surface area contributed by atoms with Gasteiger partial charge in [-0.15, -0.1) is 0 Å². The van der Waals surface area contributed by atoms with E-state index in [4.69, 9.17) is 9.05 Å². The van der Waals surface area contributed by atoms with Gasteiger partial charge in [-0.3, -0.25) is 4.89 Å². The van der Waals surface area contributed by atoms with E-state index in [-0.39, 0.29) is 23.0 Å². The SMILES string of the molecule is O=P1(O)Oc2c(-c3ccc(O)cc3)cc3ccccc3c2-c2c(c(-c3ccc(O)cc3)cc3ccccc23)O1. The number of hydrogen-bond acceptors (Lipinski definition) is 5. The molecule has 39 heavy (non-hydrogen) atoms. The molecule has 0 aliphatic carbocycles. The highest BCUT2D eigenvalue weighted by Gasteiger charge is 2.37. The number of aromatic hydroxyl groups is 2. The molecule has 0 radical (unpaired) electrons. The maximum Gasteiger partial charge on any atom is 0.584 e. The van der Waals surface area contributed by atoms with Gasteiger partial charge in [-0.1, -0.05) is 72.8 Å². The predicted molar refractivity (Wildman–Crippen MR) is 152 cm³/mol. The van der Waals surface area contributed by atoms with Crippen molar-refractivity contribution < 1.29 is 28.7 Å². The Balaban J connectivity index is 1.69. The summed E-state index contributed by atoms with van der Waals surface area (Å²) in [6.45, 7) is 0. The van der Waals surface area contributed by atoms with Crippen LogP contribution in [0, 0.1) is 0 Å². The first kappa shape index (κ1) is 23.4. The molecule has 0 saturated heterocycles. The van der Waals surface area contributed by atoms with Crippen molar-refractivity contribution in [3.8, 4) is 56.4 Å². The second-order valence-corrected chi connectivity index (χ2v) is 10.7. The zero-order valence-corrected chi connectivity index (χ0v) is 21.3. The number of hydrogen-bond donors (Lipinski definition) is 3. The molecule has 7 heteroatoms. The summed E-state index contributed by atoms with van der Waals surface area (Å²) in [5.74, 6) is 0.657. The predicted octanol–water partition coefficient (Wildman–Crippen LogP) is 8.28. The van der Waals surface area contributed by atoms with Crippen LogP contribution >= 0.6 is 7.82 Å². The van der Waals surface area contributed by atoms with Crippen molar-refractivity contribution in [3.63, 3.8) is 0 Å². The Kier molecular flexibility index (Phi) is 5.17. The van der Waals surface area contributed by atoms with Crippen LogP contribution in [0.4, 0.5) is 0 Å². The summed E-state index contributed by atoms with van der Waals surface area (Å²) in [4.78, 5) is 11.1. The molecule has 3 N–H and O–H groups in total. The van der Waals surface area contributed by atoms with Crippen LogP contribution in [0.15, 0.2) is 109 Å². The van der Waals surface area contributed by atoms with E-state index in [1.807, 2.05) is 60.7 Å². The summed E-state index contributed by atoms with van der Waals surface area (Å²) in [5, 5.41) is 23.3. The topological polar surface area (TPSA) is 96.2 Å². The molecule has 0 spiro atoms. The largest absolute Gasteiger partial charge is 0.584 e. The van der Waals surface area contributed by atoms with Crippen LogP contribution in [0.2, 0.25) is 0 Å². The Hall–Kier alpha value is -4.77. The fraction of sp³-hybridized carbons (Fsp3) is 0. The van der Waals surface area contributed by atoms with E-state index >= 15 is 0 Å². The van der Waals surface area contributed by atoms with Crippen molar-refractivity contribution >= 4 is 29.4 Å². The second-order valence-electron chi connectivity index (χ2n) is 9.44. The summed E-state index contributed by atoms with van der Waals surface area (Å²) in [6.07, 6.45) is 0. The molecule has 190 valence electrons. The van der Waals surface area contributed by atoms with Crippen molar-refractivity contribution in [1.29, 1.82) is 0 Å². The number of phosphoric ester groups is 1. The molecule has 0 unspecified atom stereocenters. The normalized spacial score (nSPS) is 13.7. The van der Waals surface area contributed by atoms with Gasteiger partial charge in [0.1, 0.15) is 23.0 Å². The molecule has 0 bridgehead atoms. The summed E-state index contributed by atoms with van der Waals surface area (Å²) < 4.78 is 25.3. The van der Waals surface area contributed by atoms with E-state index in [2.05, 4.69) is 0 Å². The zero-order chi connectivity index (χ0) is 26.7. The standard InChI is InChI=1S/C32H21O6P/c33-23-13-9-19(10-14-23)27-17-21-5-1-3-7-25(21)29-30-26-8-4-2-6-22(26)18-28(20-11-15-24(34)16-12-20)32(30)38-39(35,36)37-31(27)29/h1-18,33-34H,(H,35,36). The lowest BCUT2D eigenvalue weighted by atomic mass is 9.86. The van der Waals surface area contributed by atoms with Gasteiger partial charge >= 0.3 is 7.82 Å². The third-order valence-electron chi connectivity index (χ3n) is 7.02. The molecule has 1 aliphatic heterocycles. The van der Waals surface area contributed by atoms with Crippen molar-refractivity contribution in [2.45, 2.75) is 0 Å². The molecule has 0 aromatic heterocycles. The molecule has 7 rings (SSSR count). The van der Waals surface area contributed by atoms with E-state index in [1.54, 1.807) is 48.5 Å². The Morgan fingerprint density at radius 2 is 0.923 bits per heavy atom. The van der Waals surface area contributed by atoms with Gasteiger partial charge in [0.15, 0.2) is 0 Å². The molecule has 1 heterocycles. The third kappa shape index (κ3) is 3.89. The average Bonchev–Trinajstić information content (AvgIpc) is 3.06. The molecule has 6 aromatic rings. The molecular formula is C32H21O6P. The summed E-state index contributed by atoms with van der Waals surface area (Å²) in [5.41, 5.74) is 3.86. The lowest BCUT2D eigenvalue weighted by molar-refractivity contribution is 0.295. The minimum absolute atomic E-state index is 0.109. The van der Waals surface area contributed by atoms with Gasteiger partial charge in [0.2, 0.25) is 0 Å². The molecule has 6 aromatic carbocycles. The number of phosphoric acid groups is 1. The fourth-order valence-corrected chi connectivity index (χ4v) is 6.18. The minimum Gasteiger partial charge on any atom is -0.508 e. The molecule has 6 nitrogen and oxygen atoms in total. The highest BCUT2D eigenvalue weighted by Crippen LogP contribution is 2.61. The lowest BCUT2D eigenvalue weighted by Crippen LogP contribution is -2.00. The smallest absolute Gasteiger partial charge is 0.508 e. The molecular weight excluding hydrogens is 511 g/mol. The Morgan fingerprint density at radius 3 is 1.33 bits per heavy atom. The van der Waals surface area contributed by atoms with Crippen LogP contribution in [-0.4, -0.2) is 15.1 Å². The molecule has 0 atom stereocenters. The van der Waals surface area contributed by atoms with Crippen LogP contribution in [-0.2, 0) is 4.57 Å². The number of benzene rings is 6. The molecule has 0 saturated carbocycles. The van der Waals surface area contributed by atoms with Gasteiger partial charge in [-0.05, 0) is 69.1 Å². The molecule has 1 aliphatic rings. The Morgan fingerprint density at radius 1 is 0.538 bits per heavy atom. The van der Waals surface area contributed by atoms with Gasteiger partial charge in [-0.25, -0.2) is 4.57 Å². The van der Waals surface area contributed by atoms with E-state index in [9.17, 15) is 19.7 Å². The van der Waals surface area contributed by atoms with Gasteiger partial charge in [0.25, 0.3) is 0 Å². The first-order valence-electron chi connectivity index (χ1n) is 12.3. The first-order chi connectivity index (χ1) is 18.9. The van der Waals surface area contributed by atoms with Crippen LogP contribution in [0.5, 0.6) is 23.0 Å². The zero-order valence-electron chi connectivity index (χ0n) is 20.4. The first-order valence-corrected chi connectivity index (χ1v) is 13.8. The van der Waals surface area contributed by atoms with Crippen LogP contribution in [0.1, 0.15) is 0 Å². The quantitative estimate of drug-likeness (QED) is 0.194. The Labute approximate surface area is 223 Å². The van der Waals surface area contributed by atoms with Crippen molar-refractivity contribution in [2.75, 3.05) is 0 Å². The van der Waals surface area contributed by atoms with Gasteiger partial charge in [0.05, 0.1) is 0 Å². The van der Waals surface area contributed by atoms with E-state index in [1.165, 1.54) is 0 Å².